The van der Waals surface area contributed by atoms with Crippen LogP contribution in [0.15, 0.2) is 0 Å². The summed E-state index contributed by atoms with van der Waals surface area (Å²) < 4.78 is 0. The molecule has 34 heteroatoms. The zero-order valence-electron chi connectivity index (χ0n) is 48.8. The number of nitrogens with two attached hydrogens (primary N) is 9. The van der Waals surface area contributed by atoms with Crippen LogP contribution < -0.4 is 62.2 Å². The van der Waals surface area contributed by atoms with Crippen LogP contribution in [0.1, 0.15) is 120 Å². The van der Waals surface area contributed by atoms with Gasteiger partial charge in [-0.1, -0.05) is 55.4 Å². The first kappa shape index (κ1) is 92.5. The Hall–Kier alpha value is -5.92. The Morgan fingerprint density at radius 1 is 0.476 bits per heavy atom. The number of nitrogens with one attached hydrogen (secondary N) is 2. The predicted molar refractivity (Wildman–Crippen MR) is 305 cm³/mol. The number of aliphatic carboxylic acids is 10. The maximum atomic E-state index is 10.1. The maximum absolute atomic E-state index is 10.1. The third kappa shape index (κ3) is 70.2. The van der Waals surface area contributed by atoms with E-state index in [2.05, 4.69) is 16.4 Å². The molecule has 0 spiro atoms. The number of rotatable bonds is 23. The van der Waals surface area contributed by atoms with Crippen molar-refractivity contribution in [2.75, 3.05) is 31.6 Å². The standard InChI is InChI=1S/2C6H13NO2.C5H10N2O3.C5H11NO2S.2C5H9NO2.2C5H11NO2.C4H9NO3.C2H5NO2/c2*1-4(2)3-5(7)6(8)9;6-3(5(9)10)1-2-4(7)8;1-9-3-2-4(6)5(7)8;2*7-5(8)4-2-1-3-6-4;2*1-3(2)4(6)5(7)8;1-2(6)3(5)4(7)8;3-1-2(4)5/h2*4-5H,3,7H2,1-2H3,(H,8,9);3H,1-2,6H2,(H2,7,8)(H,9,10);4H,2-3,6H2,1H3,(H,7,8);2*4,6H,1-3H2,(H,7,8);2*3-4H,6H2,1-2H3,(H,7,8);2-3,6H,5H2,1H3,(H,7,8);1,3H2,(H,4,5)/t2*5-;3-;5*4-;2-,3+;/m000000001./s1. The van der Waals surface area contributed by atoms with Gasteiger partial charge in [-0.15, -0.1) is 0 Å². The second kappa shape index (κ2) is 56.9. The lowest BCUT2D eigenvalue weighted by atomic mass is 10.1. The van der Waals surface area contributed by atoms with Gasteiger partial charge < -0.3 is 118 Å². The van der Waals surface area contributed by atoms with Crippen LogP contribution in [0, 0.1) is 23.7 Å². The number of carbonyl (C=O) groups excluding carboxylic acids is 1. The number of carboxylic acids is 10. The molecule has 2 aliphatic heterocycles. The van der Waals surface area contributed by atoms with E-state index in [4.69, 9.17) is 102 Å². The van der Waals surface area contributed by atoms with Gasteiger partial charge >= 0.3 is 59.7 Å². The number of amides is 1. The van der Waals surface area contributed by atoms with Gasteiger partial charge in [0, 0.05) is 6.42 Å². The molecule has 0 aliphatic carbocycles. The van der Waals surface area contributed by atoms with Gasteiger partial charge in [0.2, 0.25) is 5.91 Å². The number of carbonyl (C=O) groups is 11. The highest BCUT2D eigenvalue weighted by Gasteiger charge is 2.22. The first-order chi connectivity index (χ1) is 37.3. The monoisotopic (exact) mass is 1220 g/mol. The average Bonchev–Trinajstić information content (AvgIpc) is 4.12. The number of aliphatic hydroxyl groups excluding tert-OH is 1. The minimum Gasteiger partial charge on any atom is -0.480 e. The summed E-state index contributed by atoms with van der Waals surface area (Å²) in [7, 11) is 0. The van der Waals surface area contributed by atoms with Crippen LogP contribution in [0.2, 0.25) is 0 Å². The second-order valence-corrected chi connectivity index (χ2v) is 20.2. The van der Waals surface area contributed by atoms with Gasteiger partial charge in [0.1, 0.15) is 54.4 Å². The van der Waals surface area contributed by atoms with Crippen molar-refractivity contribution in [3.63, 3.8) is 0 Å². The molecule has 0 aromatic heterocycles. The number of hydrogen-bond donors (Lipinski definition) is 22. The molecule has 2 heterocycles. The molecule has 2 rings (SSSR count). The highest BCUT2D eigenvalue weighted by molar-refractivity contribution is 7.98. The molecule has 0 unspecified atom stereocenters. The summed E-state index contributed by atoms with van der Waals surface area (Å²) in [5.74, 6) is -8.26. The van der Waals surface area contributed by atoms with E-state index >= 15 is 0 Å². The summed E-state index contributed by atoms with van der Waals surface area (Å²) in [5, 5.41) is 96.1. The molecule has 486 valence electrons. The lowest BCUT2D eigenvalue weighted by molar-refractivity contribution is -0.141. The van der Waals surface area contributed by atoms with Crippen molar-refractivity contribution in [2.24, 2.45) is 75.3 Å². The molecule has 31 N–H and O–H groups in total. The SMILES string of the molecule is CC(C)C[C@H](N)C(=O)O.CC(C)C[C@H](N)C(=O)O.CC(C)[C@H](N)C(=O)O.CC(C)[C@H](N)C(=O)O.CSCC[C@H](N)C(=O)O.C[C@@H](O)[C@H](N)C(=O)O.NC(=O)CC[C@H](N)C(=O)O.NCC(=O)O.O=C(O)[C@@H]1CCCN1.O=C(O)[C@@H]1CCCN1. The predicted octanol–water partition coefficient (Wildman–Crippen LogP) is -2.73. The fraction of sp³-hybridized carbons (Fsp3) is 0.771. The molecule has 1 amide bonds. The van der Waals surface area contributed by atoms with E-state index in [1.165, 1.54) is 6.92 Å². The van der Waals surface area contributed by atoms with E-state index in [-0.39, 0.29) is 43.3 Å². The largest absolute Gasteiger partial charge is 0.480 e. The van der Waals surface area contributed by atoms with Crippen molar-refractivity contribution in [2.45, 2.75) is 181 Å². The molecular weight excluding hydrogens is 1110 g/mol. The minimum atomic E-state index is -1.18. The molecule has 10 atom stereocenters. The Balaban J connectivity index is -0.000000124. The normalized spacial score (nSPS) is 16.4. The van der Waals surface area contributed by atoms with E-state index in [1.54, 1.807) is 39.5 Å². The summed E-state index contributed by atoms with van der Waals surface area (Å²) in [5.41, 5.74) is 45.2. The lowest BCUT2D eigenvalue weighted by Crippen LogP contribution is -2.39. The molecule has 0 saturated carbocycles. The number of primary amides is 1. The van der Waals surface area contributed by atoms with Gasteiger partial charge in [-0.05, 0) is 107 Å². The van der Waals surface area contributed by atoms with Gasteiger partial charge in [0.15, 0.2) is 0 Å². The highest BCUT2D eigenvalue weighted by atomic mass is 32.2. The molecule has 2 aliphatic rings. The Kier molecular flexibility index (Phi) is 64.2. The van der Waals surface area contributed by atoms with Crippen molar-refractivity contribution in [3.8, 4) is 0 Å². The van der Waals surface area contributed by atoms with E-state index in [1.807, 2.05) is 34.0 Å². The Bertz CT molecular complexity index is 1640. The van der Waals surface area contributed by atoms with Crippen molar-refractivity contribution < 1.29 is 109 Å². The van der Waals surface area contributed by atoms with E-state index < -0.39 is 114 Å². The van der Waals surface area contributed by atoms with Crippen LogP contribution in [0.25, 0.3) is 0 Å². The summed E-state index contributed by atoms with van der Waals surface area (Å²) in [4.78, 5) is 110. The maximum Gasteiger partial charge on any atom is 0.323 e. The van der Waals surface area contributed by atoms with Crippen LogP contribution >= 0.6 is 11.8 Å². The molecule has 0 aromatic rings. The van der Waals surface area contributed by atoms with Gasteiger partial charge in [0.25, 0.3) is 0 Å². The van der Waals surface area contributed by atoms with Gasteiger partial charge in [-0.2, -0.15) is 11.8 Å². The molecule has 2 fully saturated rings. The van der Waals surface area contributed by atoms with Crippen molar-refractivity contribution in [1.82, 2.24) is 10.6 Å². The smallest absolute Gasteiger partial charge is 0.323 e. The van der Waals surface area contributed by atoms with Gasteiger partial charge in [-0.25, -0.2) is 0 Å². The molecule has 82 heavy (non-hydrogen) atoms. The Labute approximate surface area is 483 Å². The summed E-state index contributed by atoms with van der Waals surface area (Å²) in [6, 6.07) is -6.16. The topological polar surface area (TPSA) is 669 Å². The van der Waals surface area contributed by atoms with Gasteiger partial charge in [-0.3, -0.25) is 52.7 Å². The number of carboxylic acid groups (broad SMARTS) is 10. The molecule has 0 radical (unpaired) electrons. The van der Waals surface area contributed by atoms with Crippen LogP contribution in [0.5, 0.6) is 0 Å². The number of aliphatic hydroxyl groups is 1. The summed E-state index contributed by atoms with van der Waals surface area (Å²) >= 11 is 1.60. The first-order valence-corrected chi connectivity index (χ1v) is 26.9. The second-order valence-electron chi connectivity index (χ2n) is 19.2. The number of thioether (sulfide) groups is 1. The van der Waals surface area contributed by atoms with E-state index in [0.29, 0.717) is 31.1 Å². The molecular formula is C48H101N11O22S. The lowest BCUT2D eigenvalue weighted by Gasteiger charge is -2.07. The first-order valence-electron chi connectivity index (χ1n) is 25.5. The molecule has 0 aromatic carbocycles. The Morgan fingerprint density at radius 3 is 0.866 bits per heavy atom. The minimum absolute atomic E-state index is 0.0208. The van der Waals surface area contributed by atoms with Crippen molar-refractivity contribution in [3.05, 3.63) is 0 Å². The summed E-state index contributed by atoms with van der Waals surface area (Å²) in [6.45, 7) is 17.7. The zero-order chi connectivity index (χ0) is 66.7. The zero-order valence-corrected chi connectivity index (χ0v) is 49.6. The molecule has 0 bridgehead atoms. The average molecular weight is 1220 g/mol. The summed E-state index contributed by atoms with van der Waals surface area (Å²) in [6.07, 6.45) is 6.29. The fourth-order valence-electron chi connectivity index (χ4n) is 4.57. The van der Waals surface area contributed by atoms with Crippen LogP contribution in [-0.4, -0.2) is 214 Å². The van der Waals surface area contributed by atoms with Crippen LogP contribution in [0.4, 0.5) is 0 Å². The molecule has 33 nitrogen and oxygen atoms in total. The molecule has 2 saturated heterocycles. The van der Waals surface area contributed by atoms with Crippen molar-refractivity contribution in [1.29, 1.82) is 0 Å². The van der Waals surface area contributed by atoms with Crippen LogP contribution in [0.3, 0.4) is 0 Å². The van der Waals surface area contributed by atoms with Gasteiger partial charge in [0.05, 0.1) is 12.6 Å². The van der Waals surface area contributed by atoms with Crippen molar-refractivity contribution >= 4 is 77.4 Å². The third-order valence-corrected chi connectivity index (χ3v) is 10.4. The van der Waals surface area contributed by atoms with Crippen LogP contribution in [-0.2, 0) is 52.7 Å². The van der Waals surface area contributed by atoms with E-state index in [9.17, 15) is 52.7 Å². The fourth-order valence-corrected chi connectivity index (χ4v) is 5.06. The number of hydrogen-bond acceptors (Lipinski definition) is 23. The third-order valence-electron chi connectivity index (χ3n) is 9.76. The quantitative estimate of drug-likeness (QED) is 0.0494. The highest BCUT2D eigenvalue weighted by Crippen LogP contribution is 2.05. The van der Waals surface area contributed by atoms with E-state index in [0.717, 1.165) is 44.5 Å². The Morgan fingerprint density at radius 2 is 0.756 bits per heavy atom.